The highest BCUT2D eigenvalue weighted by Crippen LogP contribution is 2.26. The van der Waals surface area contributed by atoms with E-state index in [2.05, 4.69) is 32.8 Å². The molecule has 1 atom stereocenters. The summed E-state index contributed by atoms with van der Waals surface area (Å²) in [6, 6.07) is 8.73. The van der Waals surface area contributed by atoms with Crippen LogP contribution < -0.4 is 4.90 Å². The van der Waals surface area contributed by atoms with Crippen LogP contribution in [0.4, 0.5) is 5.82 Å². The van der Waals surface area contributed by atoms with E-state index in [1.807, 2.05) is 18.2 Å². The van der Waals surface area contributed by atoms with Gasteiger partial charge in [0.25, 0.3) is 0 Å². The molecule has 5 heteroatoms. The fourth-order valence-corrected chi connectivity index (χ4v) is 3.79. The molecular formula is C19H25N5. The van der Waals surface area contributed by atoms with Crippen LogP contribution in [0.1, 0.15) is 31.9 Å². The fourth-order valence-electron chi connectivity index (χ4n) is 3.79. The summed E-state index contributed by atoms with van der Waals surface area (Å²) >= 11 is 0. The van der Waals surface area contributed by atoms with Crippen LogP contribution in [-0.4, -0.2) is 52.1 Å². The van der Waals surface area contributed by atoms with Gasteiger partial charge in [0.2, 0.25) is 0 Å². The van der Waals surface area contributed by atoms with Crippen molar-refractivity contribution >= 4 is 5.82 Å². The van der Waals surface area contributed by atoms with E-state index >= 15 is 0 Å². The summed E-state index contributed by atoms with van der Waals surface area (Å²) in [5.74, 6) is 1.80. The molecule has 0 amide bonds. The number of aromatic nitrogens is 3. The van der Waals surface area contributed by atoms with Gasteiger partial charge in [0.05, 0.1) is 0 Å². The average molecular weight is 323 g/mol. The maximum Gasteiger partial charge on any atom is 0.180 e. The lowest BCUT2D eigenvalue weighted by Gasteiger charge is -2.24. The number of aryl methyl sites for hydroxylation is 1. The second-order valence-electron chi connectivity index (χ2n) is 6.74. The molecule has 4 rings (SSSR count). The summed E-state index contributed by atoms with van der Waals surface area (Å²) in [6.07, 6.45) is 6.67. The first-order valence-electron chi connectivity index (χ1n) is 9.12. The number of hydrogen-bond acceptors (Lipinski definition) is 5. The zero-order valence-corrected chi connectivity index (χ0v) is 14.4. The Kier molecular flexibility index (Phi) is 4.43. The maximum atomic E-state index is 4.83. The Hall–Kier alpha value is -2.01. The predicted octanol–water partition coefficient (Wildman–Crippen LogP) is 2.78. The third-order valence-electron chi connectivity index (χ3n) is 5.17. The van der Waals surface area contributed by atoms with E-state index in [9.17, 15) is 0 Å². The Morgan fingerprint density at radius 2 is 2.00 bits per heavy atom. The molecule has 126 valence electrons. The summed E-state index contributed by atoms with van der Waals surface area (Å²) in [6.45, 7) is 6.85. The third kappa shape index (κ3) is 3.13. The van der Waals surface area contributed by atoms with Gasteiger partial charge in [-0.3, -0.25) is 9.88 Å². The number of likely N-dealkylation sites (tertiary alicyclic amines) is 1. The minimum atomic E-state index is 0.686. The van der Waals surface area contributed by atoms with Crippen molar-refractivity contribution in [3.63, 3.8) is 0 Å². The van der Waals surface area contributed by atoms with E-state index in [1.165, 1.54) is 32.4 Å². The molecule has 24 heavy (non-hydrogen) atoms. The minimum Gasteiger partial charge on any atom is -0.355 e. The number of hydrogen-bond donors (Lipinski definition) is 0. The van der Waals surface area contributed by atoms with Crippen molar-refractivity contribution in [3.8, 4) is 11.5 Å². The molecule has 0 radical (unpaired) electrons. The van der Waals surface area contributed by atoms with Gasteiger partial charge < -0.3 is 4.90 Å². The number of nitrogens with zero attached hydrogens (tertiary/aromatic N) is 5. The zero-order valence-electron chi connectivity index (χ0n) is 14.4. The van der Waals surface area contributed by atoms with Gasteiger partial charge in [0, 0.05) is 37.1 Å². The van der Waals surface area contributed by atoms with Crippen LogP contribution in [0.3, 0.4) is 0 Å². The average Bonchev–Trinajstić information content (AvgIpc) is 3.33. The number of pyridine rings is 1. The quantitative estimate of drug-likeness (QED) is 0.866. The molecule has 2 saturated heterocycles. The van der Waals surface area contributed by atoms with Gasteiger partial charge in [-0.05, 0) is 50.9 Å². The van der Waals surface area contributed by atoms with Crippen molar-refractivity contribution in [2.24, 2.45) is 0 Å². The zero-order chi connectivity index (χ0) is 16.4. The lowest BCUT2D eigenvalue weighted by Crippen LogP contribution is -2.35. The van der Waals surface area contributed by atoms with Crippen molar-refractivity contribution in [1.29, 1.82) is 0 Å². The molecule has 0 bridgehead atoms. The van der Waals surface area contributed by atoms with E-state index < -0.39 is 0 Å². The summed E-state index contributed by atoms with van der Waals surface area (Å²) in [4.78, 5) is 19.0. The van der Waals surface area contributed by atoms with Gasteiger partial charge in [-0.2, -0.15) is 0 Å². The number of anilines is 1. The molecule has 2 aromatic rings. The highest BCUT2D eigenvalue weighted by molar-refractivity contribution is 5.54. The van der Waals surface area contributed by atoms with E-state index in [-0.39, 0.29) is 0 Å². The molecule has 0 aromatic carbocycles. The van der Waals surface area contributed by atoms with E-state index in [0.29, 0.717) is 6.04 Å². The lowest BCUT2D eigenvalue weighted by atomic mass is 10.2. The first-order chi connectivity index (χ1) is 11.8. The monoisotopic (exact) mass is 323 g/mol. The normalized spacial score (nSPS) is 21.5. The first kappa shape index (κ1) is 15.5. The Bertz CT molecular complexity index is 681. The molecule has 5 nitrogen and oxygen atoms in total. The second kappa shape index (κ2) is 6.85. The van der Waals surface area contributed by atoms with Crippen molar-refractivity contribution < 1.29 is 0 Å². The smallest absolute Gasteiger partial charge is 0.180 e. The molecule has 1 unspecified atom stereocenters. The molecule has 2 aliphatic heterocycles. The van der Waals surface area contributed by atoms with Crippen molar-refractivity contribution in [1.82, 2.24) is 19.9 Å². The Morgan fingerprint density at radius 3 is 2.75 bits per heavy atom. The van der Waals surface area contributed by atoms with Gasteiger partial charge in [-0.15, -0.1) is 0 Å². The van der Waals surface area contributed by atoms with Crippen LogP contribution in [0, 0.1) is 0 Å². The van der Waals surface area contributed by atoms with Crippen LogP contribution in [0.5, 0.6) is 0 Å². The standard InChI is InChI=1S/C19H25N5/c1-2-15-13-18(22-19(21-15)17-7-3-4-9-20-17)24-12-8-16(14-24)23-10-5-6-11-23/h3-4,7,9,13,16H,2,5-6,8,10-12,14H2,1H3. The van der Waals surface area contributed by atoms with Crippen LogP contribution in [0.25, 0.3) is 11.5 Å². The highest BCUT2D eigenvalue weighted by Gasteiger charge is 2.30. The summed E-state index contributed by atoms with van der Waals surface area (Å²) in [5, 5.41) is 0. The van der Waals surface area contributed by atoms with Crippen LogP contribution in [0.15, 0.2) is 30.5 Å². The Balaban J connectivity index is 1.58. The van der Waals surface area contributed by atoms with Crippen molar-refractivity contribution in [3.05, 3.63) is 36.2 Å². The molecule has 0 aliphatic carbocycles. The SMILES string of the molecule is CCc1cc(N2CCC(N3CCCC3)C2)nc(-c2ccccn2)n1. The topological polar surface area (TPSA) is 45.2 Å². The minimum absolute atomic E-state index is 0.686. The van der Waals surface area contributed by atoms with Crippen LogP contribution in [-0.2, 0) is 6.42 Å². The molecule has 0 spiro atoms. The maximum absolute atomic E-state index is 4.83. The molecule has 2 aliphatic rings. The summed E-state index contributed by atoms with van der Waals surface area (Å²) < 4.78 is 0. The Morgan fingerprint density at radius 1 is 1.12 bits per heavy atom. The molecular weight excluding hydrogens is 298 g/mol. The lowest BCUT2D eigenvalue weighted by molar-refractivity contribution is 0.260. The largest absolute Gasteiger partial charge is 0.355 e. The van der Waals surface area contributed by atoms with Gasteiger partial charge >= 0.3 is 0 Å². The molecule has 4 heterocycles. The first-order valence-corrected chi connectivity index (χ1v) is 9.12. The molecule has 0 saturated carbocycles. The van der Waals surface area contributed by atoms with Crippen LogP contribution in [0.2, 0.25) is 0 Å². The van der Waals surface area contributed by atoms with Gasteiger partial charge in [-0.1, -0.05) is 13.0 Å². The molecule has 2 aromatic heterocycles. The summed E-state index contributed by atoms with van der Waals surface area (Å²) in [5.41, 5.74) is 1.94. The third-order valence-corrected chi connectivity index (χ3v) is 5.17. The van der Waals surface area contributed by atoms with E-state index in [4.69, 9.17) is 4.98 Å². The Labute approximate surface area is 143 Å². The second-order valence-corrected chi connectivity index (χ2v) is 6.74. The van der Waals surface area contributed by atoms with Gasteiger partial charge in [-0.25, -0.2) is 9.97 Å². The van der Waals surface area contributed by atoms with Crippen molar-refractivity contribution in [2.45, 2.75) is 38.6 Å². The predicted molar refractivity (Wildman–Crippen MR) is 96.1 cm³/mol. The fraction of sp³-hybridized carbons (Fsp3) is 0.526. The number of rotatable bonds is 4. The van der Waals surface area contributed by atoms with Gasteiger partial charge in [0.15, 0.2) is 5.82 Å². The molecule has 0 N–H and O–H groups in total. The van der Waals surface area contributed by atoms with E-state index in [0.717, 1.165) is 42.5 Å². The van der Waals surface area contributed by atoms with Crippen LogP contribution >= 0.6 is 0 Å². The van der Waals surface area contributed by atoms with E-state index in [1.54, 1.807) is 6.20 Å². The highest BCUT2D eigenvalue weighted by atomic mass is 15.3. The van der Waals surface area contributed by atoms with Crippen molar-refractivity contribution in [2.75, 3.05) is 31.1 Å². The summed E-state index contributed by atoms with van der Waals surface area (Å²) in [7, 11) is 0. The van der Waals surface area contributed by atoms with Gasteiger partial charge in [0.1, 0.15) is 11.5 Å². The molecule has 2 fully saturated rings.